The van der Waals surface area contributed by atoms with Crippen molar-refractivity contribution in [1.29, 1.82) is 0 Å². The Morgan fingerprint density at radius 2 is 1.75 bits per heavy atom. The molecule has 0 aliphatic carbocycles. The second kappa shape index (κ2) is 11.5. The molecule has 11 nitrogen and oxygen atoms in total. The SMILES string of the molecule is CCCN(CCC)S(=O)(=O)c1ccc(C(=O)N=c2sc3cc([N+](=O)[O-])ccc3n2CC(=O)OC)cc1. The van der Waals surface area contributed by atoms with Crippen LogP contribution in [0.1, 0.15) is 37.0 Å². The highest BCUT2D eigenvalue weighted by Crippen LogP contribution is 2.24. The van der Waals surface area contributed by atoms with Gasteiger partial charge < -0.3 is 9.30 Å². The molecule has 0 saturated heterocycles. The van der Waals surface area contributed by atoms with Gasteiger partial charge in [0.1, 0.15) is 6.54 Å². The molecule has 13 heteroatoms. The molecule has 0 radical (unpaired) electrons. The lowest BCUT2D eigenvalue weighted by molar-refractivity contribution is -0.384. The van der Waals surface area contributed by atoms with E-state index in [0.29, 0.717) is 36.1 Å². The maximum atomic E-state index is 13.0. The van der Waals surface area contributed by atoms with E-state index in [2.05, 4.69) is 4.99 Å². The molecule has 0 N–H and O–H groups in total. The molecule has 0 spiro atoms. The minimum atomic E-state index is -3.70. The number of non-ortho nitro benzene ring substituents is 1. The molecular formula is C23H26N4O7S2. The van der Waals surface area contributed by atoms with Crippen LogP contribution in [-0.4, -0.2) is 54.3 Å². The lowest BCUT2D eigenvalue weighted by Crippen LogP contribution is -2.32. The summed E-state index contributed by atoms with van der Waals surface area (Å²) in [4.78, 5) is 39.8. The average molecular weight is 535 g/mol. The van der Waals surface area contributed by atoms with Crippen molar-refractivity contribution >= 4 is 49.1 Å². The maximum Gasteiger partial charge on any atom is 0.325 e. The van der Waals surface area contributed by atoms with Gasteiger partial charge in [0, 0.05) is 30.8 Å². The van der Waals surface area contributed by atoms with E-state index in [9.17, 15) is 28.1 Å². The molecular weight excluding hydrogens is 508 g/mol. The van der Waals surface area contributed by atoms with Gasteiger partial charge in [-0.15, -0.1) is 0 Å². The van der Waals surface area contributed by atoms with E-state index >= 15 is 0 Å². The zero-order valence-electron chi connectivity index (χ0n) is 20.0. The lowest BCUT2D eigenvalue weighted by atomic mass is 10.2. The monoisotopic (exact) mass is 534 g/mol. The van der Waals surface area contributed by atoms with Gasteiger partial charge >= 0.3 is 5.97 Å². The van der Waals surface area contributed by atoms with Crippen molar-refractivity contribution in [3.63, 3.8) is 0 Å². The fourth-order valence-electron chi connectivity index (χ4n) is 3.53. The Labute approximate surface area is 211 Å². The van der Waals surface area contributed by atoms with Crippen molar-refractivity contribution in [2.24, 2.45) is 4.99 Å². The highest BCUT2D eigenvalue weighted by atomic mass is 32.2. The Kier molecular flexibility index (Phi) is 8.71. The topological polar surface area (TPSA) is 141 Å². The first-order valence-corrected chi connectivity index (χ1v) is 13.4. The molecule has 2 aromatic carbocycles. The number of thiazole rings is 1. The summed E-state index contributed by atoms with van der Waals surface area (Å²) in [5.41, 5.74) is 0.499. The number of hydrogen-bond donors (Lipinski definition) is 0. The number of carbonyl (C=O) groups excluding carboxylic acids is 2. The number of carbonyl (C=O) groups is 2. The quantitative estimate of drug-likeness (QED) is 0.221. The number of fused-ring (bicyclic) bond motifs is 1. The number of ether oxygens (including phenoxy) is 1. The molecule has 3 aromatic rings. The lowest BCUT2D eigenvalue weighted by Gasteiger charge is -2.21. The van der Waals surface area contributed by atoms with Crippen LogP contribution in [0, 0.1) is 10.1 Å². The van der Waals surface area contributed by atoms with Gasteiger partial charge in [-0.05, 0) is 43.2 Å². The Morgan fingerprint density at radius 1 is 1.11 bits per heavy atom. The number of nitro benzene ring substituents is 1. The minimum absolute atomic E-state index is 0.0795. The summed E-state index contributed by atoms with van der Waals surface area (Å²) >= 11 is 1.01. The van der Waals surface area contributed by atoms with E-state index in [0.717, 1.165) is 11.3 Å². The molecule has 0 aliphatic rings. The molecule has 192 valence electrons. The molecule has 1 amide bonds. The normalized spacial score (nSPS) is 12.3. The molecule has 0 bridgehead atoms. The number of sulfonamides is 1. The van der Waals surface area contributed by atoms with Crippen molar-refractivity contribution in [2.45, 2.75) is 38.1 Å². The molecule has 3 rings (SSSR count). The van der Waals surface area contributed by atoms with Crippen LogP contribution in [0.25, 0.3) is 10.2 Å². The molecule has 0 saturated carbocycles. The van der Waals surface area contributed by atoms with Gasteiger partial charge in [0.25, 0.3) is 11.6 Å². The predicted octanol–water partition coefficient (Wildman–Crippen LogP) is 3.34. The number of nitro groups is 1. The highest BCUT2D eigenvalue weighted by Gasteiger charge is 2.23. The number of amides is 1. The molecule has 1 heterocycles. The van der Waals surface area contributed by atoms with Gasteiger partial charge in [0.2, 0.25) is 10.0 Å². The number of esters is 1. The van der Waals surface area contributed by atoms with Gasteiger partial charge in [0.15, 0.2) is 4.80 Å². The third-order valence-electron chi connectivity index (χ3n) is 5.27. The van der Waals surface area contributed by atoms with Crippen LogP contribution in [0.4, 0.5) is 5.69 Å². The molecule has 0 unspecified atom stereocenters. The van der Waals surface area contributed by atoms with E-state index in [1.165, 1.54) is 58.4 Å². The molecule has 0 fully saturated rings. The summed E-state index contributed by atoms with van der Waals surface area (Å²) in [6.45, 7) is 4.36. The van der Waals surface area contributed by atoms with Crippen molar-refractivity contribution in [1.82, 2.24) is 8.87 Å². The van der Waals surface area contributed by atoms with Gasteiger partial charge in [-0.25, -0.2) is 8.42 Å². The number of nitrogens with zero attached hydrogens (tertiary/aromatic N) is 4. The predicted molar refractivity (Wildman–Crippen MR) is 134 cm³/mol. The largest absolute Gasteiger partial charge is 0.468 e. The van der Waals surface area contributed by atoms with Gasteiger partial charge in [-0.2, -0.15) is 9.30 Å². The Balaban J connectivity index is 2.00. The van der Waals surface area contributed by atoms with Crippen molar-refractivity contribution < 1.29 is 27.7 Å². The van der Waals surface area contributed by atoms with Crippen LogP contribution in [0.15, 0.2) is 52.4 Å². The molecule has 0 aliphatic heterocycles. The summed E-state index contributed by atoms with van der Waals surface area (Å²) < 4.78 is 34.0. The van der Waals surface area contributed by atoms with E-state index in [1.807, 2.05) is 13.8 Å². The number of hydrogen-bond acceptors (Lipinski definition) is 8. The average Bonchev–Trinajstić information content (AvgIpc) is 3.19. The number of benzene rings is 2. The second-order valence-corrected chi connectivity index (χ2v) is 10.7. The van der Waals surface area contributed by atoms with Crippen molar-refractivity contribution in [3.05, 3.63) is 62.9 Å². The van der Waals surface area contributed by atoms with Crippen molar-refractivity contribution in [2.75, 3.05) is 20.2 Å². The van der Waals surface area contributed by atoms with Crippen molar-refractivity contribution in [3.8, 4) is 0 Å². The third-order valence-corrected chi connectivity index (χ3v) is 8.23. The van der Waals surface area contributed by atoms with E-state index < -0.39 is 26.8 Å². The van der Waals surface area contributed by atoms with Gasteiger partial charge in [0.05, 0.1) is 27.1 Å². The van der Waals surface area contributed by atoms with Crippen LogP contribution in [0.2, 0.25) is 0 Å². The molecule has 1 aromatic heterocycles. The fourth-order valence-corrected chi connectivity index (χ4v) is 6.21. The first-order chi connectivity index (χ1) is 17.1. The minimum Gasteiger partial charge on any atom is -0.468 e. The van der Waals surface area contributed by atoms with E-state index in [1.54, 1.807) is 0 Å². The summed E-state index contributed by atoms with van der Waals surface area (Å²) in [5, 5.41) is 11.1. The first-order valence-electron chi connectivity index (χ1n) is 11.2. The summed E-state index contributed by atoms with van der Waals surface area (Å²) in [5.74, 6) is -1.24. The standard InChI is InChI=1S/C23H26N4O7S2/c1-4-12-25(13-5-2)36(32,33)18-9-6-16(7-10-18)22(29)24-23-26(15-21(28)34-3)19-11-8-17(27(30)31)14-20(19)35-23/h6-11,14H,4-5,12-13,15H2,1-3H3. The zero-order valence-corrected chi connectivity index (χ0v) is 21.7. The van der Waals surface area contributed by atoms with Crippen LogP contribution < -0.4 is 4.80 Å². The Morgan fingerprint density at radius 3 is 2.31 bits per heavy atom. The summed E-state index contributed by atoms with van der Waals surface area (Å²) in [6, 6.07) is 9.63. The zero-order chi connectivity index (χ0) is 26.5. The Bertz CT molecular complexity index is 1450. The Hall–Kier alpha value is -3.42. The van der Waals surface area contributed by atoms with Crippen LogP contribution in [0.3, 0.4) is 0 Å². The van der Waals surface area contributed by atoms with E-state index in [-0.39, 0.29) is 27.5 Å². The van der Waals surface area contributed by atoms with Gasteiger partial charge in [-0.1, -0.05) is 25.2 Å². The van der Waals surface area contributed by atoms with Gasteiger partial charge in [-0.3, -0.25) is 19.7 Å². The maximum absolute atomic E-state index is 13.0. The van der Waals surface area contributed by atoms with Crippen LogP contribution >= 0.6 is 11.3 Å². The van der Waals surface area contributed by atoms with Crippen LogP contribution in [-0.2, 0) is 26.1 Å². The summed E-state index contributed by atoms with van der Waals surface area (Å²) in [6.07, 6.45) is 1.36. The number of aromatic nitrogens is 1. The number of methoxy groups -OCH3 is 1. The second-order valence-electron chi connectivity index (χ2n) is 7.80. The fraction of sp³-hybridized carbons (Fsp3) is 0.348. The molecule has 36 heavy (non-hydrogen) atoms. The third kappa shape index (κ3) is 5.86. The van der Waals surface area contributed by atoms with Crippen LogP contribution in [0.5, 0.6) is 0 Å². The van der Waals surface area contributed by atoms with E-state index in [4.69, 9.17) is 4.74 Å². The first kappa shape index (κ1) is 27.2. The number of rotatable bonds is 10. The smallest absolute Gasteiger partial charge is 0.325 e. The summed E-state index contributed by atoms with van der Waals surface area (Å²) in [7, 11) is -2.47. The molecule has 0 atom stereocenters. The highest BCUT2D eigenvalue weighted by molar-refractivity contribution is 7.89.